The van der Waals surface area contributed by atoms with Gasteiger partial charge < -0.3 is 4.90 Å². The number of amides is 3. The summed E-state index contributed by atoms with van der Waals surface area (Å²) in [5.41, 5.74) is 3.94. The molecule has 1 aromatic heterocycles. The minimum atomic E-state index is -0.756. The summed E-state index contributed by atoms with van der Waals surface area (Å²) in [6.07, 6.45) is 1.65. The molecule has 0 spiro atoms. The van der Waals surface area contributed by atoms with Gasteiger partial charge in [-0.15, -0.1) is 11.3 Å². The molecule has 0 radical (unpaired) electrons. The first-order chi connectivity index (χ1) is 11.8. The van der Waals surface area contributed by atoms with Crippen LogP contribution in [0.4, 0.5) is 0 Å². The lowest BCUT2D eigenvalue weighted by atomic mass is 9.84. The summed E-state index contributed by atoms with van der Waals surface area (Å²) in [5, 5.41) is 1.76. The molecule has 7 nitrogen and oxygen atoms in total. The van der Waals surface area contributed by atoms with Crippen LogP contribution in [0.2, 0.25) is 0 Å². The van der Waals surface area contributed by atoms with E-state index in [2.05, 4.69) is 10.9 Å². The van der Waals surface area contributed by atoms with Crippen LogP contribution < -0.4 is 10.9 Å². The first kappa shape index (κ1) is 19.1. The molecule has 136 valence electrons. The second-order valence-electron chi connectivity index (χ2n) is 6.64. The molecule has 3 amide bonds. The third kappa shape index (κ3) is 4.25. The molecule has 2 N–H and O–H groups in total. The van der Waals surface area contributed by atoms with E-state index in [1.54, 1.807) is 31.4 Å². The number of carbonyl (C=O) groups is 4. The zero-order valence-electron chi connectivity index (χ0n) is 14.6. The van der Waals surface area contributed by atoms with Gasteiger partial charge in [0, 0.05) is 12.0 Å². The van der Waals surface area contributed by atoms with E-state index < -0.39 is 35.0 Å². The first-order valence-corrected chi connectivity index (χ1v) is 9.15. The third-order valence-electron chi connectivity index (χ3n) is 4.55. The second-order valence-corrected chi connectivity index (χ2v) is 7.59. The quantitative estimate of drug-likeness (QED) is 0.611. The van der Waals surface area contributed by atoms with Crippen LogP contribution in [0.25, 0.3) is 0 Å². The van der Waals surface area contributed by atoms with Crippen molar-refractivity contribution in [3.8, 4) is 0 Å². The number of carbonyl (C=O) groups excluding carboxylic acids is 4. The van der Waals surface area contributed by atoms with Crippen molar-refractivity contribution in [1.29, 1.82) is 0 Å². The number of thiophene rings is 1. The van der Waals surface area contributed by atoms with Gasteiger partial charge in [0.25, 0.3) is 17.7 Å². The minimum Gasteiger partial charge on any atom is -0.324 e. The summed E-state index contributed by atoms with van der Waals surface area (Å²) in [7, 11) is 0. The molecule has 25 heavy (non-hydrogen) atoms. The summed E-state index contributed by atoms with van der Waals surface area (Å²) >= 11 is 1.26. The highest BCUT2D eigenvalue weighted by Crippen LogP contribution is 2.25. The summed E-state index contributed by atoms with van der Waals surface area (Å²) in [6, 6.07) is 2.64. The Bertz CT molecular complexity index is 669. The lowest BCUT2D eigenvalue weighted by molar-refractivity contribution is -0.151. The van der Waals surface area contributed by atoms with Crippen molar-refractivity contribution < 1.29 is 19.2 Å². The van der Waals surface area contributed by atoms with Crippen molar-refractivity contribution in [2.24, 2.45) is 5.41 Å². The van der Waals surface area contributed by atoms with E-state index in [1.807, 2.05) is 6.92 Å². The lowest BCUT2D eigenvalue weighted by Gasteiger charge is -2.27. The maximum Gasteiger partial charge on any atom is 0.291 e. The number of likely N-dealkylation sites (tertiary alicyclic amines) is 1. The molecule has 0 bridgehead atoms. The van der Waals surface area contributed by atoms with E-state index in [0.29, 0.717) is 30.7 Å². The molecule has 1 aromatic rings. The molecule has 1 fully saturated rings. The molecule has 1 aliphatic rings. The molecule has 1 saturated heterocycles. The van der Waals surface area contributed by atoms with Crippen LogP contribution in [-0.2, 0) is 14.4 Å². The van der Waals surface area contributed by atoms with Gasteiger partial charge in [0.05, 0.1) is 4.88 Å². The van der Waals surface area contributed by atoms with Gasteiger partial charge in [0.1, 0.15) is 6.04 Å². The first-order valence-electron chi connectivity index (χ1n) is 8.27. The van der Waals surface area contributed by atoms with Crippen LogP contribution in [0.5, 0.6) is 0 Å². The van der Waals surface area contributed by atoms with Gasteiger partial charge in [0.15, 0.2) is 0 Å². The van der Waals surface area contributed by atoms with Crippen LogP contribution in [0.3, 0.4) is 0 Å². The van der Waals surface area contributed by atoms with Gasteiger partial charge in [0.2, 0.25) is 5.78 Å². The Balaban J connectivity index is 1.98. The predicted molar refractivity (Wildman–Crippen MR) is 93.7 cm³/mol. The van der Waals surface area contributed by atoms with Crippen LogP contribution in [0, 0.1) is 5.41 Å². The number of nitrogens with zero attached hydrogens (tertiary/aromatic N) is 1. The predicted octanol–water partition coefficient (Wildman–Crippen LogP) is 1.51. The molecule has 2 heterocycles. The highest BCUT2D eigenvalue weighted by Gasteiger charge is 2.41. The maximum absolute atomic E-state index is 12.5. The summed E-state index contributed by atoms with van der Waals surface area (Å²) in [4.78, 5) is 50.9. The zero-order valence-corrected chi connectivity index (χ0v) is 15.4. The summed E-state index contributed by atoms with van der Waals surface area (Å²) in [5.74, 6) is -2.02. The number of Topliss-reactive ketones (excluding diaryl/α,β-unsaturated/α-hetero) is 1. The van der Waals surface area contributed by atoms with Gasteiger partial charge >= 0.3 is 0 Å². The number of rotatable bonds is 5. The number of hydrogen-bond donors (Lipinski definition) is 2. The summed E-state index contributed by atoms with van der Waals surface area (Å²) < 4.78 is 0. The molecule has 0 aliphatic carbocycles. The Hall–Kier alpha value is -2.22. The van der Waals surface area contributed by atoms with Crippen molar-refractivity contribution >= 4 is 34.8 Å². The molecule has 0 saturated carbocycles. The largest absolute Gasteiger partial charge is 0.324 e. The van der Waals surface area contributed by atoms with E-state index in [-0.39, 0.29) is 0 Å². The van der Waals surface area contributed by atoms with Crippen molar-refractivity contribution in [2.45, 2.75) is 46.1 Å². The Morgan fingerprint density at radius 3 is 2.60 bits per heavy atom. The van der Waals surface area contributed by atoms with E-state index in [4.69, 9.17) is 0 Å². The van der Waals surface area contributed by atoms with Crippen LogP contribution in [0.1, 0.15) is 49.7 Å². The summed E-state index contributed by atoms with van der Waals surface area (Å²) in [6.45, 7) is 5.65. The fourth-order valence-corrected chi connectivity index (χ4v) is 3.15. The lowest BCUT2D eigenvalue weighted by Crippen LogP contribution is -2.53. The zero-order chi connectivity index (χ0) is 18.6. The van der Waals surface area contributed by atoms with Crippen LogP contribution in [-0.4, -0.2) is 41.0 Å². The maximum atomic E-state index is 12.5. The third-order valence-corrected chi connectivity index (χ3v) is 5.42. The number of hydrazine groups is 1. The van der Waals surface area contributed by atoms with Gasteiger partial charge in [-0.3, -0.25) is 30.0 Å². The molecule has 2 rings (SSSR count). The Labute approximate surface area is 150 Å². The van der Waals surface area contributed by atoms with E-state index in [0.717, 1.165) is 0 Å². The molecular formula is C17H23N3O4S. The van der Waals surface area contributed by atoms with Gasteiger partial charge in [-0.2, -0.15) is 0 Å². The Morgan fingerprint density at radius 1 is 1.28 bits per heavy atom. The normalized spacial score (nSPS) is 17.2. The highest BCUT2D eigenvalue weighted by molar-refractivity contribution is 7.12. The molecule has 1 aliphatic heterocycles. The van der Waals surface area contributed by atoms with Gasteiger partial charge in [-0.25, -0.2) is 0 Å². The van der Waals surface area contributed by atoms with E-state index in [1.165, 1.54) is 16.2 Å². The second kappa shape index (κ2) is 7.77. The van der Waals surface area contributed by atoms with E-state index >= 15 is 0 Å². The Morgan fingerprint density at radius 2 is 2.00 bits per heavy atom. The highest BCUT2D eigenvalue weighted by atomic mass is 32.1. The average Bonchev–Trinajstić information content (AvgIpc) is 3.29. The molecule has 0 aromatic carbocycles. The van der Waals surface area contributed by atoms with Gasteiger partial charge in [-0.05, 0) is 30.7 Å². The van der Waals surface area contributed by atoms with Gasteiger partial charge in [-0.1, -0.05) is 26.8 Å². The number of hydrogen-bond acceptors (Lipinski definition) is 5. The number of ketones is 1. The fourth-order valence-electron chi connectivity index (χ4n) is 2.53. The average molecular weight is 365 g/mol. The number of nitrogens with one attached hydrogen (secondary N) is 2. The van der Waals surface area contributed by atoms with Crippen molar-refractivity contribution in [3.05, 3.63) is 22.4 Å². The topological polar surface area (TPSA) is 95.6 Å². The smallest absolute Gasteiger partial charge is 0.291 e. The standard InChI is InChI=1S/C17H23N3O4S/c1-4-17(2,3)13(21)16(24)20-9-5-7-11(20)14(22)18-19-15(23)12-8-6-10-25-12/h6,8,10-11H,4-5,7,9H2,1-3H3,(H,18,22)(H,19,23). The fraction of sp³-hybridized carbons (Fsp3) is 0.529. The molecular weight excluding hydrogens is 342 g/mol. The van der Waals surface area contributed by atoms with Crippen molar-refractivity contribution in [1.82, 2.24) is 15.8 Å². The monoisotopic (exact) mass is 365 g/mol. The van der Waals surface area contributed by atoms with Crippen LogP contribution in [0.15, 0.2) is 17.5 Å². The molecule has 1 atom stereocenters. The van der Waals surface area contributed by atoms with Crippen molar-refractivity contribution in [2.75, 3.05) is 6.54 Å². The molecule has 8 heteroatoms. The van der Waals surface area contributed by atoms with E-state index in [9.17, 15) is 19.2 Å². The van der Waals surface area contributed by atoms with Crippen LogP contribution >= 0.6 is 11.3 Å². The molecule has 1 unspecified atom stereocenters. The Kier molecular flexibility index (Phi) is 5.94. The minimum absolute atomic E-state index is 0.362. The van der Waals surface area contributed by atoms with Crippen molar-refractivity contribution in [3.63, 3.8) is 0 Å². The SMILES string of the molecule is CCC(C)(C)C(=O)C(=O)N1CCCC1C(=O)NNC(=O)c1cccs1.